The number of nitrogens with zero attached hydrogens (tertiary/aromatic N) is 3. The van der Waals surface area contributed by atoms with Crippen molar-refractivity contribution in [2.24, 2.45) is 5.92 Å². The minimum Gasteiger partial charge on any atom is -0.305 e. The van der Waals surface area contributed by atoms with Gasteiger partial charge in [-0.2, -0.15) is 21.6 Å². The first-order valence-electron chi connectivity index (χ1n) is 12.5. The Balaban J connectivity index is 1.78. The van der Waals surface area contributed by atoms with E-state index in [2.05, 4.69) is 15.3 Å². The van der Waals surface area contributed by atoms with Crippen LogP contribution in [0.2, 0.25) is 10.0 Å². The Morgan fingerprint density at radius 2 is 1.74 bits per heavy atom. The lowest BCUT2D eigenvalue weighted by Gasteiger charge is -2.18. The van der Waals surface area contributed by atoms with E-state index in [0.717, 1.165) is 12.1 Å². The zero-order chi connectivity index (χ0) is 31.0. The molecule has 0 aliphatic rings. The Kier molecular flexibility index (Phi) is 9.02. The number of imidazole rings is 1. The highest BCUT2D eigenvalue weighted by molar-refractivity contribution is 7.86. The van der Waals surface area contributed by atoms with Crippen LogP contribution in [0.4, 0.5) is 19.0 Å². The minimum absolute atomic E-state index is 0.00799. The van der Waals surface area contributed by atoms with Gasteiger partial charge in [-0.1, -0.05) is 49.2 Å². The quantitative estimate of drug-likeness (QED) is 0.190. The van der Waals surface area contributed by atoms with Gasteiger partial charge < -0.3 is 5.32 Å². The van der Waals surface area contributed by atoms with Gasteiger partial charge in [-0.05, 0) is 67.3 Å². The fourth-order valence-corrected chi connectivity index (χ4v) is 6.01. The standard InChI is InChI=1S/C28H25Cl2F3N4O4S/c1-15(2)12-23(42(39,40)41)17-4-8-20(9-5-17)37-16(3)25(36-26(37)21-10-7-19(29)13-22(21)30)27(38)35-24-11-6-18(14-34-24)28(31,32)33/h4-11,13-15,23H,12H2,1-3H3,(H,34,35,38)(H,39,40,41). The fourth-order valence-electron chi connectivity index (χ4n) is 4.39. The van der Waals surface area contributed by atoms with Crippen molar-refractivity contribution < 1.29 is 30.9 Å². The van der Waals surface area contributed by atoms with E-state index in [4.69, 9.17) is 23.2 Å². The largest absolute Gasteiger partial charge is 0.417 e. The molecule has 4 aromatic rings. The van der Waals surface area contributed by atoms with Crippen molar-refractivity contribution in [3.8, 4) is 17.1 Å². The third-order valence-electron chi connectivity index (χ3n) is 6.40. The van der Waals surface area contributed by atoms with Gasteiger partial charge in [0.25, 0.3) is 16.0 Å². The molecular weight excluding hydrogens is 616 g/mol. The van der Waals surface area contributed by atoms with Gasteiger partial charge in [-0.3, -0.25) is 13.9 Å². The Morgan fingerprint density at radius 3 is 2.26 bits per heavy atom. The predicted molar refractivity (Wildman–Crippen MR) is 155 cm³/mol. The maximum atomic E-state index is 13.2. The summed E-state index contributed by atoms with van der Waals surface area (Å²) in [4.78, 5) is 21.4. The SMILES string of the molecule is Cc1c(C(=O)Nc2ccc(C(F)(F)F)cn2)nc(-c2ccc(Cl)cc2Cl)n1-c1ccc(C(CC(C)C)S(=O)(=O)O)cc1. The maximum absolute atomic E-state index is 13.2. The summed E-state index contributed by atoms with van der Waals surface area (Å²) >= 11 is 12.6. The minimum atomic E-state index is -4.58. The number of hydrogen-bond acceptors (Lipinski definition) is 5. The second-order valence-corrected chi connectivity index (χ2v) is 12.4. The van der Waals surface area contributed by atoms with Crippen molar-refractivity contribution in [2.75, 3.05) is 5.32 Å². The van der Waals surface area contributed by atoms with E-state index in [-0.39, 0.29) is 34.7 Å². The van der Waals surface area contributed by atoms with Crippen molar-refractivity contribution >= 4 is 45.0 Å². The highest BCUT2D eigenvalue weighted by Gasteiger charge is 2.31. The Labute approximate surface area is 250 Å². The van der Waals surface area contributed by atoms with E-state index >= 15 is 0 Å². The van der Waals surface area contributed by atoms with Crippen LogP contribution in [-0.4, -0.2) is 33.4 Å². The number of nitrogens with one attached hydrogen (secondary N) is 1. The van der Waals surface area contributed by atoms with E-state index in [0.29, 0.717) is 33.7 Å². The molecule has 1 unspecified atom stereocenters. The molecule has 2 heterocycles. The van der Waals surface area contributed by atoms with Crippen LogP contribution >= 0.6 is 23.2 Å². The van der Waals surface area contributed by atoms with E-state index in [1.165, 1.54) is 6.07 Å². The van der Waals surface area contributed by atoms with Gasteiger partial charge in [-0.15, -0.1) is 0 Å². The predicted octanol–water partition coefficient (Wildman–Crippen LogP) is 7.80. The molecule has 0 saturated heterocycles. The number of anilines is 1. The number of benzene rings is 2. The molecule has 222 valence electrons. The second kappa shape index (κ2) is 12.0. The monoisotopic (exact) mass is 640 g/mol. The van der Waals surface area contributed by atoms with Crippen molar-refractivity contribution in [3.05, 3.63) is 93.4 Å². The van der Waals surface area contributed by atoms with Gasteiger partial charge in [-0.25, -0.2) is 9.97 Å². The van der Waals surface area contributed by atoms with E-state index in [9.17, 15) is 30.9 Å². The zero-order valence-corrected chi connectivity index (χ0v) is 24.8. The average molecular weight is 641 g/mol. The number of pyridine rings is 1. The third-order valence-corrected chi connectivity index (χ3v) is 8.13. The highest BCUT2D eigenvalue weighted by atomic mass is 35.5. The molecule has 1 amide bonds. The molecule has 0 radical (unpaired) electrons. The molecule has 42 heavy (non-hydrogen) atoms. The van der Waals surface area contributed by atoms with E-state index < -0.39 is 33.0 Å². The summed E-state index contributed by atoms with van der Waals surface area (Å²) in [5.41, 5.74) is 0.628. The molecule has 1 atom stereocenters. The second-order valence-electron chi connectivity index (χ2n) is 9.94. The summed E-state index contributed by atoms with van der Waals surface area (Å²) in [6.07, 6.45) is -3.76. The first kappa shape index (κ1) is 31.5. The van der Waals surface area contributed by atoms with Crippen LogP contribution in [0.5, 0.6) is 0 Å². The van der Waals surface area contributed by atoms with Crippen LogP contribution in [0, 0.1) is 12.8 Å². The highest BCUT2D eigenvalue weighted by Crippen LogP contribution is 2.35. The van der Waals surface area contributed by atoms with Crippen LogP contribution in [-0.2, 0) is 16.3 Å². The van der Waals surface area contributed by atoms with Crippen molar-refractivity contribution in [3.63, 3.8) is 0 Å². The number of carbonyl (C=O) groups excluding carboxylic acids is 1. The molecule has 0 spiro atoms. The van der Waals surface area contributed by atoms with Crippen LogP contribution < -0.4 is 5.32 Å². The van der Waals surface area contributed by atoms with E-state index in [1.807, 2.05) is 13.8 Å². The first-order chi connectivity index (χ1) is 19.6. The Bertz CT molecular complexity index is 1720. The third kappa shape index (κ3) is 6.95. The number of amides is 1. The number of alkyl halides is 3. The summed E-state index contributed by atoms with van der Waals surface area (Å²) in [5, 5.41) is 1.95. The number of halogens is 5. The average Bonchev–Trinajstić information content (AvgIpc) is 3.23. The van der Waals surface area contributed by atoms with Crippen molar-refractivity contribution in [2.45, 2.75) is 38.6 Å². The Morgan fingerprint density at radius 1 is 1.07 bits per heavy atom. The molecule has 8 nitrogen and oxygen atoms in total. The van der Waals surface area contributed by atoms with Gasteiger partial charge in [0.1, 0.15) is 16.9 Å². The van der Waals surface area contributed by atoms with Crippen LogP contribution in [0.3, 0.4) is 0 Å². The molecule has 2 aromatic heterocycles. The normalized spacial score (nSPS) is 12.9. The van der Waals surface area contributed by atoms with Crippen LogP contribution in [0.15, 0.2) is 60.8 Å². The maximum Gasteiger partial charge on any atom is 0.417 e. The van der Waals surface area contributed by atoms with Gasteiger partial charge in [0.05, 0.1) is 16.3 Å². The molecule has 4 rings (SSSR count). The van der Waals surface area contributed by atoms with E-state index in [1.54, 1.807) is 47.9 Å². The van der Waals surface area contributed by atoms with Gasteiger partial charge >= 0.3 is 6.18 Å². The summed E-state index contributed by atoms with van der Waals surface area (Å²) in [7, 11) is -4.38. The molecule has 0 aliphatic carbocycles. The van der Waals surface area contributed by atoms with Gasteiger partial charge in [0.2, 0.25) is 0 Å². The van der Waals surface area contributed by atoms with Crippen LogP contribution in [0.25, 0.3) is 17.1 Å². The lowest BCUT2D eigenvalue weighted by atomic mass is 10.0. The number of hydrogen-bond donors (Lipinski definition) is 2. The Hall–Kier alpha value is -3.45. The molecule has 0 fully saturated rings. The number of aromatic nitrogens is 3. The fraction of sp³-hybridized carbons (Fsp3) is 0.250. The molecule has 0 aliphatic heterocycles. The van der Waals surface area contributed by atoms with Crippen molar-refractivity contribution in [1.29, 1.82) is 0 Å². The molecule has 0 bridgehead atoms. The molecule has 2 aromatic carbocycles. The van der Waals surface area contributed by atoms with Gasteiger partial charge in [0.15, 0.2) is 5.69 Å². The number of rotatable bonds is 8. The smallest absolute Gasteiger partial charge is 0.305 e. The molecule has 14 heteroatoms. The van der Waals surface area contributed by atoms with Gasteiger partial charge in [0, 0.05) is 22.5 Å². The number of carbonyl (C=O) groups is 1. The summed E-state index contributed by atoms with van der Waals surface area (Å²) in [5.74, 6) is -0.601. The topological polar surface area (TPSA) is 114 Å². The van der Waals surface area contributed by atoms with Crippen molar-refractivity contribution in [1.82, 2.24) is 14.5 Å². The summed E-state index contributed by atoms with van der Waals surface area (Å²) in [6, 6.07) is 12.9. The lowest BCUT2D eigenvalue weighted by Crippen LogP contribution is -2.16. The molecule has 0 saturated carbocycles. The van der Waals surface area contributed by atoms with Crippen LogP contribution in [0.1, 0.15) is 52.8 Å². The summed E-state index contributed by atoms with van der Waals surface area (Å²) < 4.78 is 74.3. The zero-order valence-electron chi connectivity index (χ0n) is 22.4. The molecular formula is C28H25Cl2F3N4O4S. The summed E-state index contributed by atoms with van der Waals surface area (Å²) in [6.45, 7) is 5.30. The molecule has 2 N–H and O–H groups in total. The lowest BCUT2D eigenvalue weighted by molar-refractivity contribution is -0.137. The first-order valence-corrected chi connectivity index (χ1v) is 14.8.